The fourth-order valence-electron chi connectivity index (χ4n) is 1.35. The minimum Gasteiger partial charge on any atom is -0.292 e. The summed E-state index contributed by atoms with van der Waals surface area (Å²) in [6.07, 6.45) is 0. The van der Waals surface area contributed by atoms with E-state index in [9.17, 15) is 18.4 Å². The summed E-state index contributed by atoms with van der Waals surface area (Å²) in [6, 6.07) is 1.56. The molecule has 72 valence electrons. The average Bonchev–Trinajstić information content (AvgIpc) is 2.34. The van der Waals surface area contributed by atoms with E-state index in [1.807, 2.05) is 0 Å². The van der Waals surface area contributed by atoms with Crippen molar-refractivity contribution in [1.29, 1.82) is 0 Å². The van der Waals surface area contributed by atoms with Crippen LogP contribution in [0, 0.1) is 11.6 Å². The van der Waals surface area contributed by atoms with Gasteiger partial charge in [-0.3, -0.25) is 9.59 Å². The molecule has 14 heavy (non-hydrogen) atoms. The van der Waals surface area contributed by atoms with E-state index in [0.29, 0.717) is 0 Å². The molecule has 0 saturated heterocycles. The Morgan fingerprint density at radius 3 is 1.71 bits per heavy atom. The Kier molecular flexibility index (Phi) is 2.13. The number of benzene rings is 1. The molecule has 1 aliphatic rings. The maximum absolute atomic E-state index is 12.8. The maximum atomic E-state index is 12.8. The Hall–Kier alpha value is -0.850. The normalized spacial score (nSPS) is 16.2. The van der Waals surface area contributed by atoms with Crippen molar-refractivity contribution < 1.29 is 18.4 Å². The standard InChI is InChI=1S/C9H3F2IO2/c10-5-1-3-4(2-6(5)11)9(14)7(12)8(3)13/h1-2,7H. The maximum Gasteiger partial charge on any atom is 0.184 e. The van der Waals surface area contributed by atoms with E-state index in [1.54, 1.807) is 22.6 Å². The largest absolute Gasteiger partial charge is 0.292 e. The van der Waals surface area contributed by atoms with Gasteiger partial charge in [0.25, 0.3) is 0 Å². The lowest BCUT2D eigenvalue weighted by atomic mass is 10.1. The predicted molar refractivity (Wildman–Crippen MR) is 52.8 cm³/mol. The molecule has 0 heterocycles. The number of hydrogen-bond donors (Lipinski definition) is 0. The van der Waals surface area contributed by atoms with Crippen LogP contribution in [0.4, 0.5) is 8.78 Å². The van der Waals surface area contributed by atoms with Crippen molar-refractivity contribution in [3.63, 3.8) is 0 Å². The third-order valence-corrected chi connectivity index (χ3v) is 3.18. The van der Waals surface area contributed by atoms with Crippen molar-refractivity contribution in [1.82, 2.24) is 0 Å². The number of alkyl halides is 1. The minimum atomic E-state index is -1.10. The predicted octanol–water partition coefficient (Wildman–Crippen LogP) is 2.15. The number of carbonyl (C=O) groups is 2. The van der Waals surface area contributed by atoms with Gasteiger partial charge >= 0.3 is 0 Å². The van der Waals surface area contributed by atoms with Gasteiger partial charge in [0.2, 0.25) is 0 Å². The van der Waals surface area contributed by atoms with Gasteiger partial charge in [0, 0.05) is 11.1 Å². The summed E-state index contributed by atoms with van der Waals surface area (Å²) in [6.45, 7) is 0. The number of hydrogen-bond acceptors (Lipinski definition) is 2. The monoisotopic (exact) mass is 308 g/mol. The molecule has 2 rings (SSSR count). The molecule has 0 saturated carbocycles. The molecule has 5 heteroatoms. The highest BCUT2D eigenvalue weighted by atomic mass is 127. The highest BCUT2D eigenvalue weighted by Crippen LogP contribution is 2.28. The lowest BCUT2D eigenvalue weighted by molar-refractivity contribution is 0.0938. The van der Waals surface area contributed by atoms with Crippen LogP contribution in [0.1, 0.15) is 20.7 Å². The highest BCUT2D eigenvalue weighted by molar-refractivity contribution is 14.1. The molecule has 0 atom stereocenters. The average molecular weight is 308 g/mol. The first-order valence-corrected chi connectivity index (χ1v) is 4.98. The van der Waals surface area contributed by atoms with Crippen LogP contribution in [0.3, 0.4) is 0 Å². The minimum absolute atomic E-state index is 0.0201. The summed E-state index contributed by atoms with van der Waals surface area (Å²) in [5.74, 6) is -3.11. The molecule has 0 spiro atoms. The van der Waals surface area contributed by atoms with Crippen molar-refractivity contribution >= 4 is 34.2 Å². The highest BCUT2D eigenvalue weighted by Gasteiger charge is 2.37. The summed E-state index contributed by atoms with van der Waals surface area (Å²) in [7, 11) is 0. The number of carbonyl (C=O) groups excluding carboxylic acids is 2. The Bertz CT molecular complexity index is 415. The number of rotatable bonds is 0. The summed E-state index contributed by atoms with van der Waals surface area (Å²) in [5.41, 5.74) is -0.0402. The Morgan fingerprint density at radius 1 is 1.00 bits per heavy atom. The van der Waals surface area contributed by atoms with Gasteiger partial charge in [-0.15, -0.1) is 0 Å². The summed E-state index contributed by atoms with van der Waals surface area (Å²) < 4.78 is 24.7. The SMILES string of the molecule is O=C1c2cc(F)c(F)cc2C(=O)C1I. The van der Waals surface area contributed by atoms with Crippen LogP contribution in [0.2, 0.25) is 0 Å². The van der Waals surface area contributed by atoms with E-state index in [0.717, 1.165) is 12.1 Å². The van der Waals surface area contributed by atoms with E-state index >= 15 is 0 Å². The van der Waals surface area contributed by atoms with E-state index < -0.39 is 27.1 Å². The smallest absolute Gasteiger partial charge is 0.184 e. The quantitative estimate of drug-likeness (QED) is 0.418. The molecule has 1 aliphatic carbocycles. The second-order valence-electron chi connectivity index (χ2n) is 2.90. The van der Waals surface area contributed by atoms with Gasteiger partial charge in [0.05, 0.1) is 0 Å². The Morgan fingerprint density at radius 2 is 1.36 bits per heavy atom. The Balaban J connectivity index is 2.71. The van der Waals surface area contributed by atoms with Crippen molar-refractivity contribution in [2.45, 2.75) is 3.92 Å². The second kappa shape index (κ2) is 3.08. The molecule has 1 aromatic rings. The molecule has 0 amide bonds. The third kappa shape index (κ3) is 1.18. The summed E-state index contributed by atoms with van der Waals surface area (Å²) in [5, 5.41) is 0. The van der Waals surface area contributed by atoms with Crippen LogP contribution in [0.25, 0.3) is 0 Å². The van der Waals surface area contributed by atoms with Crippen LogP contribution in [-0.4, -0.2) is 15.5 Å². The van der Waals surface area contributed by atoms with Crippen LogP contribution < -0.4 is 0 Å². The van der Waals surface area contributed by atoms with Gasteiger partial charge in [0.15, 0.2) is 23.2 Å². The van der Waals surface area contributed by atoms with E-state index in [2.05, 4.69) is 0 Å². The second-order valence-corrected chi connectivity index (χ2v) is 4.15. The fourth-order valence-corrected chi connectivity index (χ4v) is 2.02. The van der Waals surface area contributed by atoms with Crippen LogP contribution >= 0.6 is 22.6 Å². The number of ketones is 2. The van der Waals surface area contributed by atoms with E-state index in [1.165, 1.54) is 0 Å². The molecule has 0 aliphatic heterocycles. The number of halogens is 3. The topological polar surface area (TPSA) is 34.1 Å². The molecule has 0 aromatic heterocycles. The van der Waals surface area contributed by atoms with Gasteiger partial charge in [-0.05, 0) is 12.1 Å². The van der Waals surface area contributed by atoms with E-state index in [4.69, 9.17) is 0 Å². The zero-order chi connectivity index (χ0) is 10.5. The van der Waals surface area contributed by atoms with Gasteiger partial charge in [-0.2, -0.15) is 0 Å². The molecular weight excluding hydrogens is 305 g/mol. The lowest BCUT2D eigenvalue weighted by Crippen LogP contribution is -2.12. The molecule has 0 unspecified atom stereocenters. The molecule has 1 aromatic carbocycles. The number of Topliss-reactive ketones (excluding diaryl/α,β-unsaturated/α-hetero) is 2. The third-order valence-electron chi connectivity index (χ3n) is 2.05. The van der Waals surface area contributed by atoms with Crippen LogP contribution in [-0.2, 0) is 0 Å². The van der Waals surface area contributed by atoms with Crippen molar-refractivity contribution in [2.24, 2.45) is 0 Å². The zero-order valence-electron chi connectivity index (χ0n) is 6.68. The molecule has 0 fully saturated rings. The fraction of sp³-hybridized carbons (Fsp3) is 0.111. The molecule has 0 N–H and O–H groups in total. The van der Waals surface area contributed by atoms with Crippen molar-refractivity contribution in [3.8, 4) is 0 Å². The molecular formula is C9H3F2IO2. The molecule has 2 nitrogen and oxygen atoms in total. The van der Waals surface area contributed by atoms with Gasteiger partial charge in [-0.1, -0.05) is 22.6 Å². The lowest BCUT2D eigenvalue weighted by Gasteiger charge is -1.96. The van der Waals surface area contributed by atoms with Gasteiger partial charge in [0.1, 0.15) is 3.92 Å². The van der Waals surface area contributed by atoms with E-state index in [-0.39, 0.29) is 11.1 Å². The number of fused-ring (bicyclic) bond motifs is 1. The molecule has 0 radical (unpaired) electrons. The zero-order valence-corrected chi connectivity index (χ0v) is 8.84. The van der Waals surface area contributed by atoms with Crippen LogP contribution in [0.15, 0.2) is 12.1 Å². The first-order valence-electron chi connectivity index (χ1n) is 3.74. The summed E-state index contributed by atoms with van der Waals surface area (Å²) >= 11 is 1.66. The first-order chi connectivity index (χ1) is 6.52. The summed E-state index contributed by atoms with van der Waals surface area (Å²) in [4.78, 5) is 22.7. The molecule has 0 bridgehead atoms. The van der Waals surface area contributed by atoms with Gasteiger partial charge < -0.3 is 0 Å². The first kappa shape index (κ1) is 9.70. The van der Waals surface area contributed by atoms with Crippen LogP contribution in [0.5, 0.6) is 0 Å². The Labute approximate surface area is 91.4 Å². The van der Waals surface area contributed by atoms with Crippen molar-refractivity contribution in [2.75, 3.05) is 0 Å². The van der Waals surface area contributed by atoms with Crippen molar-refractivity contribution in [3.05, 3.63) is 34.9 Å². The van der Waals surface area contributed by atoms with Gasteiger partial charge in [-0.25, -0.2) is 8.78 Å².